The zero-order chi connectivity index (χ0) is 31.0. The van der Waals surface area contributed by atoms with E-state index in [2.05, 4.69) is 43.1 Å². The fourth-order valence-corrected chi connectivity index (χ4v) is 5.10. The zero-order valence-corrected chi connectivity index (χ0v) is 28.8. The number of carbonyl (C=O) groups is 1. The predicted molar refractivity (Wildman–Crippen MR) is 187 cm³/mol. The highest BCUT2D eigenvalue weighted by Crippen LogP contribution is 2.10. The van der Waals surface area contributed by atoms with Crippen LogP contribution in [-0.2, 0) is 9.53 Å². The van der Waals surface area contributed by atoms with Crippen LogP contribution in [0, 0.1) is 0 Å². The number of allylic oxidation sites excluding steroid dienone is 4. The number of carbonyl (C=O) groups excluding carboxylic acids is 1. The van der Waals surface area contributed by atoms with E-state index in [4.69, 9.17) is 4.74 Å². The van der Waals surface area contributed by atoms with Crippen molar-refractivity contribution >= 4 is 6.29 Å². The van der Waals surface area contributed by atoms with Crippen LogP contribution in [0.4, 0.5) is 0 Å². The van der Waals surface area contributed by atoms with Gasteiger partial charge in [0, 0.05) is 26.7 Å². The van der Waals surface area contributed by atoms with Gasteiger partial charge in [-0.3, -0.25) is 0 Å². The summed E-state index contributed by atoms with van der Waals surface area (Å²) in [5, 5.41) is 9.29. The molecule has 0 fully saturated rings. The van der Waals surface area contributed by atoms with Crippen molar-refractivity contribution in [3.63, 3.8) is 0 Å². The van der Waals surface area contributed by atoms with Crippen LogP contribution in [0.3, 0.4) is 0 Å². The second-order valence-electron chi connectivity index (χ2n) is 12.0. The standard InChI is InChI=1S/C28H53NO2.C10H22O/c1-2-3-4-5-6-7-8-9-10-11-12-13-14-15-18-21-24-29(26-28-31)25-22-19-16-17-20-23-27-30;1-3-4-5-6-7-8-9-10-11-2/h6-7,9-10,27,31H,2-5,8,11-26,28H2,1H3;3-10H2,1-2H3/b7-6-,10-9-;. The molecule has 0 saturated carbocycles. The number of ether oxygens (including phenoxy) is 1. The highest BCUT2D eigenvalue weighted by molar-refractivity contribution is 5.48. The number of unbranched alkanes of at least 4 members (excludes halogenated alkanes) is 20. The van der Waals surface area contributed by atoms with E-state index in [0.29, 0.717) is 6.42 Å². The Morgan fingerprint density at radius 3 is 1.45 bits per heavy atom. The first kappa shape index (κ1) is 43.2. The van der Waals surface area contributed by atoms with Gasteiger partial charge in [0.15, 0.2) is 0 Å². The number of aliphatic hydroxyl groups is 1. The largest absolute Gasteiger partial charge is 0.395 e. The lowest BCUT2D eigenvalue weighted by Gasteiger charge is -2.21. The van der Waals surface area contributed by atoms with Crippen LogP contribution in [0.1, 0.15) is 174 Å². The van der Waals surface area contributed by atoms with Gasteiger partial charge in [-0.15, -0.1) is 0 Å². The molecule has 250 valence electrons. The average molecular weight is 594 g/mol. The monoisotopic (exact) mass is 594 g/mol. The molecular weight excluding hydrogens is 518 g/mol. The summed E-state index contributed by atoms with van der Waals surface area (Å²) in [5.74, 6) is 0. The second-order valence-corrected chi connectivity index (χ2v) is 12.0. The van der Waals surface area contributed by atoms with Crippen LogP contribution in [0.25, 0.3) is 0 Å². The highest BCUT2D eigenvalue weighted by Gasteiger charge is 2.04. The fourth-order valence-electron chi connectivity index (χ4n) is 5.10. The van der Waals surface area contributed by atoms with Crippen LogP contribution in [0.15, 0.2) is 24.3 Å². The van der Waals surface area contributed by atoms with Gasteiger partial charge in [-0.05, 0) is 70.9 Å². The van der Waals surface area contributed by atoms with E-state index in [1.165, 1.54) is 141 Å². The van der Waals surface area contributed by atoms with Crippen molar-refractivity contribution in [2.24, 2.45) is 0 Å². The van der Waals surface area contributed by atoms with E-state index in [9.17, 15) is 9.90 Å². The molecule has 0 aromatic rings. The first-order chi connectivity index (χ1) is 20.8. The third-order valence-corrected chi connectivity index (χ3v) is 7.84. The van der Waals surface area contributed by atoms with Crippen molar-refractivity contribution < 1.29 is 14.6 Å². The maximum Gasteiger partial charge on any atom is 0.119 e. The summed E-state index contributed by atoms with van der Waals surface area (Å²) in [5.41, 5.74) is 0. The van der Waals surface area contributed by atoms with Gasteiger partial charge >= 0.3 is 0 Å². The van der Waals surface area contributed by atoms with E-state index in [1.807, 2.05) is 0 Å². The van der Waals surface area contributed by atoms with Crippen LogP contribution >= 0.6 is 0 Å². The van der Waals surface area contributed by atoms with Gasteiger partial charge in [-0.25, -0.2) is 0 Å². The molecule has 0 amide bonds. The molecule has 0 aromatic carbocycles. The summed E-state index contributed by atoms with van der Waals surface area (Å²) in [6.45, 7) is 8.76. The molecule has 0 bridgehead atoms. The quantitative estimate of drug-likeness (QED) is 0.0467. The molecule has 0 aliphatic rings. The van der Waals surface area contributed by atoms with Gasteiger partial charge in [-0.2, -0.15) is 0 Å². The second kappa shape index (κ2) is 42.2. The molecule has 0 rings (SSSR count). The third kappa shape index (κ3) is 41.2. The Morgan fingerprint density at radius 2 is 0.952 bits per heavy atom. The first-order valence-electron chi connectivity index (χ1n) is 18.3. The lowest BCUT2D eigenvalue weighted by Crippen LogP contribution is -2.29. The molecule has 0 unspecified atom stereocenters. The van der Waals surface area contributed by atoms with Crippen LogP contribution < -0.4 is 0 Å². The van der Waals surface area contributed by atoms with E-state index in [1.54, 1.807) is 7.11 Å². The number of rotatable bonds is 33. The van der Waals surface area contributed by atoms with Crippen molar-refractivity contribution in [3.05, 3.63) is 24.3 Å². The molecule has 0 atom stereocenters. The van der Waals surface area contributed by atoms with Crippen molar-refractivity contribution in [1.82, 2.24) is 4.90 Å². The Labute approximate surface area is 264 Å². The molecule has 0 aromatic heterocycles. The van der Waals surface area contributed by atoms with Crippen molar-refractivity contribution in [2.75, 3.05) is 40.0 Å². The van der Waals surface area contributed by atoms with Gasteiger partial charge in [0.1, 0.15) is 6.29 Å². The molecule has 1 N–H and O–H groups in total. The van der Waals surface area contributed by atoms with Crippen molar-refractivity contribution in [3.8, 4) is 0 Å². The number of nitrogens with zero attached hydrogens (tertiary/aromatic N) is 1. The van der Waals surface area contributed by atoms with Crippen LogP contribution in [0.2, 0.25) is 0 Å². The topological polar surface area (TPSA) is 49.8 Å². The van der Waals surface area contributed by atoms with E-state index >= 15 is 0 Å². The number of methoxy groups -OCH3 is 1. The summed E-state index contributed by atoms with van der Waals surface area (Å²) in [4.78, 5) is 12.7. The van der Waals surface area contributed by atoms with E-state index < -0.39 is 0 Å². The van der Waals surface area contributed by atoms with Crippen molar-refractivity contribution in [2.45, 2.75) is 174 Å². The Morgan fingerprint density at radius 1 is 0.524 bits per heavy atom. The Kier molecular flexibility index (Phi) is 43.3. The van der Waals surface area contributed by atoms with Gasteiger partial charge in [0.2, 0.25) is 0 Å². The Balaban J connectivity index is 0. The number of aldehydes is 1. The highest BCUT2D eigenvalue weighted by atomic mass is 16.5. The molecule has 4 nitrogen and oxygen atoms in total. The normalized spacial score (nSPS) is 11.5. The van der Waals surface area contributed by atoms with Crippen LogP contribution in [-0.4, -0.2) is 56.3 Å². The number of hydrogen-bond donors (Lipinski definition) is 1. The summed E-state index contributed by atoms with van der Waals surface area (Å²) in [6, 6.07) is 0. The van der Waals surface area contributed by atoms with Gasteiger partial charge < -0.3 is 19.5 Å². The number of aliphatic hydroxyl groups excluding tert-OH is 1. The Hall–Kier alpha value is -0.970. The number of hydrogen-bond acceptors (Lipinski definition) is 4. The van der Waals surface area contributed by atoms with E-state index in [0.717, 1.165) is 45.4 Å². The third-order valence-electron chi connectivity index (χ3n) is 7.84. The summed E-state index contributed by atoms with van der Waals surface area (Å²) >= 11 is 0. The SMILES string of the molecule is CCCCC/C=C\C/C=C\CCCCCCCCN(CCO)CCCCCCCC=O.CCCCCCCCCOC. The van der Waals surface area contributed by atoms with Gasteiger partial charge in [0.25, 0.3) is 0 Å². The molecule has 0 heterocycles. The summed E-state index contributed by atoms with van der Waals surface area (Å²) in [7, 11) is 1.77. The smallest absolute Gasteiger partial charge is 0.119 e. The maximum absolute atomic E-state index is 10.3. The molecule has 42 heavy (non-hydrogen) atoms. The minimum Gasteiger partial charge on any atom is -0.395 e. The average Bonchev–Trinajstić information content (AvgIpc) is 3.00. The minimum absolute atomic E-state index is 0.265. The summed E-state index contributed by atoms with van der Waals surface area (Å²) in [6.07, 6.45) is 42.0. The molecule has 0 spiro atoms. The first-order valence-corrected chi connectivity index (χ1v) is 18.3. The molecule has 0 saturated heterocycles. The lowest BCUT2D eigenvalue weighted by atomic mass is 10.1. The van der Waals surface area contributed by atoms with E-state index in [-0.39, 0.29) is 6.61 Å². The Bertz CT molecular complexity index is 526. The lowest BCUT2D eigenvalue weighted by molar-refractivity contribution is -0.107. The molecule has 0 aliphatic heterocycles. The molecular formula is C38H75NO3. The van der Waals surface area contributed by atoms with Crippen LogP contribution in [0.5, 0.6) is 0 Å². The predicted octanol–water partition coefficient (Wildman–Crippen LogP) is 11.0. The van der Waals surface area contributed by atoms with Gasteiger partial charge in [-0.1, -0.05) is 134 Å². The fraction of sp³-hybridized carbons (Fsp3) is 0.868. The molecule has 4 heteroatoms. The zero-order valence-electron chi connectivity index (χ0n) is 28.8. The molecule has 0 aliphatic carbocycles. The van der Waals surface area contributed by atoms with Gasteiger partial charge in [0.05, 0.1) is 6.61 Å². The summed E-state index contributed by atoms with van der Waals surface area (Å²) < 4.78 is 4.97. The van der Waals surface area contributed by atoms with Crippen molar-refractivity contribution in [1.29, 1.82) is 0 Å². The molecule has 0 radical (unpaired) electrons. The minimum atomic E-state index is 0.265. The maximum atomic E-state index is 10.3.